The summed E-state index contributed by atoms with van der Waals surface area (Å²) in [4.78, 5) is 38.5. The second-order valence-corrected chi connectivity index (χ2v) is 7.63. The predicted octanol–water partition coefficient (Wildman–Crippen LogP) is 1.62. The van der Waals surface area contributed by atoms with Crippen molar-refractivity contribution < 1.29 is 19.5 Å². The molecule has 1 saturated heterocycles. The van der Waals surface area contributed by atoms with Crippen molar-refractivity contribution in [3.05, 3.63) is 65.2 Å². The Bertz CT molecular complexity index is 935. The van der Waals surface area contributed by atoms with E-state index >= 15 is 0 Å². The van der Waals surface area contributed by atoms with Gasteiger partial charge in [-0.3, -0.25) is 9.59 Å². The number of nitrogens with one attached hydrogen (secondary N) is 2. The molecule has 2 aromatic rings. The molecule has 1 atom stereocenters. The van der Waals surface area contributed by atoms with Crippen molar-refractivity contribution in [2.24, 2.45) is 5.73 Å². The van der Waals surface area contributed by atoms with Crippen LogP contribution in [0.3, 0.4) is 0 Å². The molecular weight excluding hydrogens is 384 g/mol. The number of rotatable bonds is 6. The molecule has 2 aromatic carbocycles. The molecule has 0 bridgehead atoms. The van der Waals surface area contributed by atoms with E-state index in [1.54, 1.807) is 30.9 Å². The van der Waals surface area contributed by atoms with Gasteiger partial charge in [0.1, 0.15) is 17.3 Å². The summed E-state index contributed by atoms with van der Waals surface area (Å²) in [6.07, 6.45) is 0.380. The molecule has 1 aliphatic heterocycles. The van der Waals surface area contributed by atoms with Gasteiger partial charge in [-0.15, -0.1) is 0 Å². The van der Waals surface area contributed by atoms with E-state index in [4.69, 9.17) is 5.73 Å². The van der Waals surface area contributed by atoms with Crippen molar-refractivity contribution in [1.82, 2.24) is 15.5 Å². The van der Waals surface area contributed by atoms with Crippen LogP contribution in [0.4, 0.5) is 4.79 Å². The van der Waals surface area contributed by atoms with Crippen molar-refractivity contribution in [2.75, 3.05) is 13.1 Å². The number of carbonyl (C=O) groups is 3. The lowest BCUT2D eigenvalue weighted by Gasteiger charge is -2.51. The van der Waals surface area contributed by atoms with Crippen LogP contribution in [0.2, 0.25) is 0 Å². The van der Waals surface area contributed by atoms with E-state index in [-0.39, 0.29) is 30.7 Å². The molecule has 1 fully saturated rings. The Kier molecular flexibility index (Phi) is 5.96. The van der Waals surface area contributed by atoms with Crippen LogP contribution in [0.25, 0.3) is 0 Å². The molecular formula is C22H26N4O4. The highest BCUT2D eigenvalue weighted by molar-refractivity contribution is 5.96. The maximum atomic E-state index is 12.9. The summed E-state index contributed by atoms with van der Waals surface area (Å²) >= 11 is 0. The van der Waals surface area contributed by atoms with E-state index < -0.39 is 17.6 Å². The SMILES string of the molecule is CCC(NC(N)=O)C(=O)NC1(c2ccccc2)CN(C(=O)c2cc(C)cc(O)c2)C1. The first-order valence-corrected chi connectivity index (χ1v) is 9.77. The number of aromatic hydroxyl groups is 1. The molecule has 1 unspecified atom stereocenters. The highest BCUT2D eigenvalue weighted by Gasteiger charge is 2.48. The Morgan fingerprint density at radius 2 is 1.83 bits per heavy atom. The lowest BCUT2D eigenvalue weighted by molar-refractivity contribution is -0.127. The normalized spacial score (nSPS) is 15.6. The van der Waals surface area contributed by atoms with Gasteiger partial charge in [-0.1, -0.05) is 37.3 Å². The van der Waals surface area contributed by atoms with Gasteiger partial charge < -0.3 is 26.4 Å². The summed E-state index contributed by atoms with van der Waals surface area (Å²) in [6, 6.07) is 12.6. The molecule has 8 heteroatoms. The largest absolute Gasteiger partial charge is 0.508 e. The molecule has 1 heterocycles. The Morgan fingerprint density at radius 1 is 1.17 bits per heavy atom. The minimum atomic E-state index is -0.771. The minimum Gasteiger partial charge on any atom is -0.508 e. The molecule has 3 rings (SSSR count). The molecule has 5 N–H and O–H groups in total. The molecule has 0 aliphatic carbocycles. The quantitative estimate of drug-likeness (QED) is 0.577. The van der Waals surface area contributed by atoms with E-state index in [0.717, 1.165) is 11.1 Å². The number of hydrogen-bond donors (Lipinski definition) is 4. The average Bonchev–Trinajstić information content (AvgIpc) is 2.67. The molecule has 4 amide bonds. The van der Waals surface area contributed by atoms with Gasteiger partial charge in [0.25, 0.3) is 5.91 Å². The Labute approximate surface area is 175 Å². The molecule has 0 aromatic heterocycles. The monoisotopic (exact) mass is 410 g/mol. The zero-order valence-electron chi connectivity index (χ0n) is 17.0. The third-order valence-electron chi connectivity index (χ3n) is 5.25. The average molecular weight is 410 g/mol. The van der Waals surface area contributed by atoms with Gasteiger partial charge in [0.05, 0.1) is 13.1 Å². The van der Waals surface area contributed by atoms with Crippen molar-refractivity contribution >= 4 is 17.8 Å². The van der Waals surface area contributed by atoms with Crippen LogP contribution in [0, 0.1) is 6.92 Å². The van der Waals surface area contributed by atoms with E-state index in [2.05, 4.69) is 10.6 Å². The topological polar surface area (TPSA) is 125 Å². The van der Waals surface area contributed by atoms with Crippen LogP contribution in [-0.2, 0) is 10.3 Å². The van der Waals surface area contributed by atoms with Gasteiger partial charge in [0, 0.05) is 5.56 Å². The van der Waals surface area contributed by atoms with Crippen LogP contribution in [0.1, 0.15) is 34.8 Å². The molecule has 30 heavy (non-hydrogen) atoms. The number of carbonyl (C=O) groups excluding carboxylic acids is 3. The van der Waals surface area contributed by atoms with Crippen LogP contribution in [0.5, 0.6) is 5.75 Å². The van der Waals surface area contributed by atoms with Crippen molar-refractivity contribution in [3.63, 3.8) is 0 Å². The number of benzene rings is 2. The second kappa shape index (κ2) is 8.44. The molecule has 8 nitrogen and oxygen atoms in total. The smallest absolute Gasteiger partial charge is 0.312 e. The number of aryl methyl sites for hydroxylation is 1. The van der Waals surface area contributed by atoms with Crippen molar-refractivity contribution in [3.8, 4) is 5.75 Å². The van der Waals surface area contributed by atoms with Crippen LogP contribution in [-0.4, -0.2) is 47.0 Å². The lowest BCUT2D eigenvalue weighted by Crippen LogP contribution is -2.70. The Balaban J connectivity index is 1.81. The predicted molar refractivity (Wildman–Crippen MR) is 112 cm³/mol. The van der Waals surface area contributed by atoms with Gasteiger partial charge in [-0.25, -0.2) is 4.79 Å². The van der Waals surface area contributed by atoms with Crippen molar-refractivity contribution in [2.45, 2.75) is 31.8 Å². The number of likely N-dealkylation sites (tertiary alicyclic amines) is 1. The van der Waals surface area contributed by atoms with Crippen LogP contribution < -0.4 is 16.4 Å². The third-order valence-corrected chi connectivity index (χ3v) is 5.25. The molecule has 0 spiro atoms. The van der Waals surface area contributed by atoms with E-state index in [1.807, 2.05) is 30.3 Å². The number of nitrogens with zero attached hydrogens (tertiary/aromatic N) is 1. The number of primary amides is 1. The second-order valence-electron chi connectivity index (χ2n) is 7.63. The first-order valence-electron chi connectivity index (χ1n) is 9.77. The van der Waals surface area contributed by atoms with E-state index in [9.17, 15) is 19.5 Å². The number of amides is 4. The first-order chi connectivity index (χ1) is 14.2. The summed E-state index contributed by atoms with van der Waals surface area (Å²) in [5, 5.41) is 15.3. The van der Waals surface area contributed by atoms with Gasteiger partial charge in [-0.05, 0) is 42.7 Å². The third kappa shape index (κ3) is 4.37. The number of phenols is 1. The zero-order valence-corrected chi connectivity index (χ0v) is 17.0. The number of hydrogen-bond acceptors (Lipinski definition) is 4. The molecule has 0 radical (unpaired) electrons. The Hall–Kier alpha value is -3.55. The van der Waals surface area contributed by atoms with Crippen LogP contribution in [0.15, 0.2) is 48.5 Å². The first kappa shape index (κ1) is 21.2. The summed E-state index contributed by atoms with van der Waals surface area (Å²) in [5.74, 6) is -0.553. The van der Waals surface area contributed by atoms with Gasteiger partial charge in [0.15, 0.2) is 0 Å². The molecule has 158 valence electrons. The summed E-state index contributed by atoms with van der Waals surface area (Å²) in [6.45, 7) is 4.11. The fraction of sp³-hybridized carbons (Fsp3) is 0.318. The van der Waals surface area contributed by atoms with Crippen LogP contribution >= 0.6 is 0 Å². The highest BCUT2D eigenvalue weighted by Crippen LogP contribution is 2.33. The molecule has 1 aliphatic rings. The number of phenolic OH excluding ortho intramolecular Hbond substituents is 1. The summed E-state index contributed by atoms with van der Waals surface area (Å²) < 4.78 is 0. The zero-order chi connectivity index (χ0) is 21.9. The standard InChI is InChI=1S/C22H26N4O4/c1-3-18(24-21(23)30)19(28)25-22(16-7-5-4-6-8-16)12-26(13-22)20(29)15-9-14(2)10-17(27)11-15/h4-11,18,27H,3,12-13H2,1-2H3,(H,25,28)(H3,23,24,30). The van der Waals surface area contributed by atoms with E-state index in [1.165, 1.54) is 6.07 Å². The Morgan fingerprint density at radius 3 is 2.40 bits per heavy atom. The number of nitrogens with two attached hydrogens (primary N) is 1. The van der Waals surface area contributed by atoms with Gasteiger partial charge >= 0.3 is 6.03 Å². The summed E-state index contributed by atoms with van der Waals surface area (Å²) in [7, 11) is 0. The fourth-order valence-electron chi connectivity index (χ4n) is 3.76. The van der Waals surface area contributed by atoms with Crippen molar-refractivity contribution in [1.29, 1.82) is 0 Å². The minimum absolute atomic E-state index is 0.0322. The maximum Gasteiger partial charge on any atom is 0.312 e. The van der Waals surface area contributed by atoms with Gasteiger partial charge in [0.2, 0.25) is 5.91 Å². The lowest BCUT2D eigenvalue weighted by atomic mass is 9.81. The fourth-order valence-corrected chi connectivity index (χ4v) is 3.76. The number of urea groups is 1. The highest BCUT2D eigenvalue weighted by atomic mass is 16.3. The summed E-state index contributed by atoms with van der Waals surface area (Å²) in [5.41, 5.74) is 6.44. The molecule has 0 saturated carbocycles. The maximum absolute atomic E-state index is 12.9. The van der Waals surface area contributed by atoms with Gasteiger partial charge in [-0.2, -0.15) is 0 Å². The van der Waals surface area contributed by atoms with E-state index in [0.29, 0.717) is 12.0 Å².